The third-order valence-corrected chi connectivity index (χ3v) is 7.01. The Bertz CT molecular complexity index is 805. The third kappa shape index (κ3) is 3.45. The molecule has 2 aliphatic heterocycles. The molecular formula is C17H21FN2O5S. The Balaban J connectivity index is 1.67. The van der Waals surface area contributed by atoms with Crippen molar-refractivity contribution in [2.75, 3.05) is 19.6 Å². The van der Waals surface area contributed by atoms with Crippen LogP contribution in [0.25, 0.3) is 0 Å². The molecule has 1 aromatic carbocycles. The molecule has 0 unspecified atom stereocenters. The summed E-state index contributed by atoms with van der Waals surface area (Å²) in [6.45, 7) is 0.640. The van der Waals surface area contributed by atoms with Gasteiger partial charge in [-0.25, -0.2) is 17.6 Å². The van der Waals surface area contributed by atoms with E-state index in [0.29, 0.717) is 32.2 Å². The van der Waals surface area contributed by atoms with Crippen LogP contribution in [0.15, 0.2) is 29.2 Å². The van der Waals surface area contributed by atoms with Gasteiger partial charge in [0.05, 0.1) is 0 Å². The number of carboxylic acids is 1. The van der Waals surface area contributed by atoms with Gasteiger partial charge in [0.25, 0.3) is 0 Å². The number of hydrogen-bond donors (Lipinski definition) is 1. The highest BCUT2D eigenvalue weighted by atomic mass is 32.2. The summed E-state index contributed by atoms with van der Waals surface area (Å²) in [7, 11) is -3.95. The number of piperidine rings is 1. The number of halogens is 1. The Kier molecular flexibility index (Phi) is 5.29. The van der Waals surface area contributed by atoms with E-state index < -0.39 is 33.8 Å². The number of likely N-dealkylation sites (tertiary alicyclic amines) is 1. The summed E-state index contributed by atoms with van der Waals surface area (Å²) >= 11 is 0. The van der Waals surface area contributed by atoms with Gasteiger partial charge in [0.1, 0.15) is 16.8 Å². The van der Waals surface area contributed by atoms with E-state index in [2.05, 4.69) is 0 Å². The minimum absolute atomic E-state index is 0.110. The first kappa shape index (κ1) is 18.8. The van der Waals surface area contributed by atoms with E-state index in [1.54, 1.807) is 0 Å². The zero-order valence-corrected chi connectivity index (χ0v) is 15.0. The number of hydrogen-bond acceptors (Lipinski definition) is 4. The van der Waals surface area contributed by atoms with Crippen LogP contribution >= 0.6 is 0 Å². The van der Waals surface area contributed by atoms with Gasteiger partial charge in [0, 0.05) is 25.6 Å². The standard InChI is InChI=1S/C17H21FN2O5S/c18-13-4-1-2-6-15(13)26(24,25)19-10-7-12(8-11-19)16(21)20-9-3-5-14(20)17(22)23/h1-2,4,6,12,14H,3,5,7-11H2,(H,22,23)/t14-/m1/s1. The van der Waals surface area contributed by atoms with Crippen LogP contribution in [0.4, 0.5) is 4.39 Å². The molecular weight excluding hydrogens is 363 g/mol. The van der Waals surface area contributed by atoms with Crippen LogP contribution in [0.3, 0.4) is 0 Å². The molecule has 1 aromatic rings. The summed E-state index contributed by atoms with van der Waals surface area (Å²) in [5.74, 6) is -2.43. The highest BCUT2D eigenvalue weighted by Crippen LogP contribution is 2.28. The van der Waals surface area contributed by atoms with Gasteiger partial charge in [-0.15, -0.1) is 0 Å². The first-order valence-corrected chi connectivity index (χ1v) is 10.0. The maximum Gasteiger partial charge on any atom is 0.326 e. The first-order chi connectivity index (χ1) is 12.3. The lowest BCUT2D eigenvalue weighted by molar-refractivity contribution is -0.150. The van der Waals surface area contributed by atoms with E-state index in [0.717, 1.165) is 6.07 Å². The largest absolute Gasteiger partial charge is 0.480 e. The molecule has 2 fully saturated rings. The SMILES string of the molecule is O=C(O)[C@H]1CCCN1C(=O)C1CCN(S(=O)(=O)c2ccccc2F)CC1. The van der Waals surface area contributed by atoms with Crippen LogP contribution in [0.5, 0.6) is 0 Å². The molecule has 142 valence electrons. The number of sulfonamides is 1. The van der Waals surface area contributed by atoms with Crippen molar-refractivity contribution in [1.29, 1.82) is 0 Å². The fraction of sp³-hybridized carbons (Fsp3) is 0.529. The lowest BCUT2D eigenvalue weighted by Gasteiger charge is -2.33. The second-order valence-electron chi connectivity index (χ2n) is 6.64. The van der Waals surface area contributed by atoms with Crippen molar-refractivity contribution >= 4 is 21.9 Å². The number of carboxylic acid groups (broad SMARTS) is 1. The van der Waals surface area contributed by atoms with Crippen molar-refractivity contribution in [3.63, 3.8) is 0 Å². The molecule has 2 heterocycles. The number of amides is 1. The molecule has 7 nitrogen and oxygen atoms in total. The third-order valence-electron chi connectivity index (χ3n) is 5.08. The summed E-state index contributed by atoms with van der Waals surface area (Å²) in [6, 6.07) is 4.43. The van der Waals surface area contributed by atoms with E-state index in [9.17, 15) is 27.5 Å². The monoisotopic (exact) mass is 384 g/mol. The Morgan fingerprint density at radius 3 is 2.35 bits per heavy atom. The average molecular weight is 384 g/mol. The lowest BCUT2D eigenvalue weighted by atomic mass is 9.96. The number of nitrogens with zero attached hydrogens (tertiary/aromatic N) is 2. The second-order valence-corrected chi connectivity index (χ2v) is 8.54. The highest BCUT2D eigenvalue weighted by Gasteiger charge is 2.39. The van der Waals surface area contributed by atoms with Gasteiger partial charge in [-0.1, -0.05) is 12.1 Å². The minimum atomic E-state index is -3.95. The molecule has 2 aliphatic rings. The van der Waals surface area contributed by atoms with Crippen molar-refractivity contribution in [1.82, 2.24) is 9.21 Å². The first-order valence-electron chi connectivity index (χ1n) is 8.60. The molecule has 1 atom stereocenters. The van der Waals surface area contributed by atoms with Crippen molar-refractivity contribution in [2.24, 2.45) is 5.92 Å². The Morgan fingerprint density at radius 2 is 1.73 bits per heavy atom. The molecule has 26 heavy (non-hydrogen) atoms. The van der Waals surface area contributed by atoms with Crippen molar-refractivity contribution in [2.45, 2.75) is 36.6 Å². The molecule has 9 heteroatoms. The van der Waals surface area contributed by atoms with Gasteiger partial charge >= 0.3 is 5.97 Å². The van der Waals surface area contributed by atoms with Crippen LogP contribution in [-0.4, -0.2) is 60.3 Å². The zero-order valence-electron chi connectivity index (χ0n) is 14.2. The molecule has 3 rings (SSSR count). The molecule has 1 N–H and O–H groups in total. The lowest BCUT2D eigenvalue weighted by Crippen LogP contribution is -2.47. The van der Waals surface area contributed by atoms with Crippen molar-refractivity contribution in [3.05, 3.63) is 30.1 Å². The van der Waals surface area contributed by atoms with E-state index in [1.807, 2.05) is 0 Å². The molecule has 0 radical (unpaired) electrons. The van der Waals surface area contributed by atoms with E-state index in [4.69, 9.17) is 0 Å². The maximum atomic E-state index is 13.8. The van der Waals surface area contributed by atoms with Crippen LogP contribution in [-0.2, 0) is 19.6 Å². The average Bonchev–Trinajstić information content (AvgIpc) is 3.11. The molecule has 0 saturated carbocycles. The van der Waals surface area contributed by atoms with Crippen LogP contribution in [0.1, 0.15) is 25.7 Å². The van der Waals surface area contributed by atoms with Gasteiger partial charge in [0.2, 0.25) is 15.9 Å². The van der Waals surface area contributed by atoms with Gasteiger partial charge < -0.3 is 10.0 Å². The predicted octanol–water partition coefficient (Wildman–Crippen LogP) is 1.30. The highest BCUT2D eigenvalue weighted by molar-refractivity contribution is 7.89. The van der Waals surface area contributed by atoms with Crippen LogP contribution in [0.2, 0.25) is 0 Å². The van der Waals surface area contributed by atoms with Gasteiger partial charge in [-0.2, -0.15) is 4.31 Å². The Morgan fingerprint density at radius 1 is 1.08 bits per heavy atom. The fourth-order valence-electron chi connectivity index (χ4n) is 3.66. The second kappa shape index (κ2) is 7.32. The summed E-state index contributed by atoms with van der Waals surface area (Å²) in [6.07, 6.45) is 1.70. The predicted molar refractivity (Wildman–Crippen MR) is 90.3 cm³/mol. The minimum Gasteiger partial charge on any atom is -0.480 e. The number of carbonyl (C=O) groups excluding carboxylic acids is 1. The smallest absolute Gasteiger partial charge is 0.326 e. The van der Waals surface area contributed by atoms with Gasteiger partial charge in [-0.05, 0) is 37.8 Å². The molecule has 1 amide bonds. The molecule has 2 saturated heterocycles. The maximum absolute atomic E-state index is 13.8. The summed E-state index contributed by atoms with van der Waals surface area (Å²) in [5, 5.41) is 9.21. The van der Waals surface area contributed by atoms with E-state index in [-0.39, 0.29) is 23.9 Å². The normalized spacial score (nSPS) is 22.5. The van der Waals surface area contributed by atoms with Crippen molar-refractivity contribution < 1.29 is 27.5 Å². The molecule has 0 aliphatic carbocycles. The quantitative estimate of drug-likeness (QED) is 0.844. The zero-order chi connectivity index (χ0) is 18.9. The summed E-state index contributed by atoms with van der Waals surface area (Å²) < 4.78 is 40.2. The van der Waals surface area contributed by atoms with Crippen LogP contribution < -0.4 is 0 Å². The molecule has 0 bridgehead atoms. The molecule has 0 spiro atoms. The van der Waals surface area contributed by atoms with Gasteiger partial charge in [-0.3, -0.25) is 4.79 Å². The fourth-order valence-corrected chi connectivity index (χ4v) is 5.19. The number of rotatable bonds is 4. The number of benzene rings is 1. The number of carbonyl (C=O) groups is 2. The van der Waals surface area contributed by atoms with E-state index >= 15 is 0 Å². The Hall–Kier alpha value is -2.00. The summed E-state index contributed by atoms with van der Waals surface area (Å²) in [5.41, 5.74) is 0. The van der Waals surface area contributed by atoms with Gasteiger partial charge in [0.15, 0.2) is 0 Å². The molecule has 0 aromatic heterocycles. The number of aliphatic carboxylic acids is 1. The topological polar surface area (TPSA) is 95.0 Å². The summed E-state index contributed by atoms with van der Waals surface area (Å²) in [4.78, 5) is 24.9. The Labute approximate surface area is 151 Å². The van der Waals surface area contributed by atoms with E-state index in [1.165, 1.54) is 27.4 Å². The van der Waals surface area contributed by atoms with Crippen molar-refractivity contribution in [3.8, 4) is 0 Å². The van der Waals surface area contributed by atoms with Crippen LogP contribution in [0, 0.1) is 11.7 Å².